The first-order valence-corrected chi connectivity index (χ1v) is 8.67. The quantitative estimate of drug-likeness (QED) is 0.841. The van der Waals surface area contributed by atoms with Crippen LogP contribution < -0.4 is 10.6 Å². The lowest BCUT2D eigenvalue weighted by Crippen LogP contribution is -2.24. The van der Waals surface area contributed by atoms with Crippen molar-refractivity contribution in [3.05, 3.63) is 0 Å². The molecule has 0 spiro atoms. The first kappa shape index (κ1) is 23.2. The normalized spacial score (nSPS) is 16.5. The summed E-state index contributed by atoms with van der Waals surface area (Å²) in [5.74, 6) is 1.27. The highest BCUT2D eigenvalue weighted by atomic mass is 16.5. The molecule has 2 amide bonds. The second kappa shape index (κ2) is 16.3. The number of ether oxygens (including phenoxy) is 1. The van der Waals surface area contributed by atoms with Gasteiger partial charge in [0.1, 0.15) is 0 Å². The van der Waals surface area contributed by atoms with Crippen LogP contribution in [0.5, 0.6) is 0 Å². The largest absolute Gasteiger partial charge is 0.381 e. The molecule has 2 N–H and O–H groups in total. The Morgan fingerprint density at radius 1 is 0.909 bits per heavy atom. The van der Waals surface area contributed by atoms with E-state index >= 15 is 0 Å². The number of nitrogens with one attached hydrogen (secondary N) is 2. The van der Waals surface area contributed by atoms with Gasteiger partial charge in [0.05, 0.1) is 0 Å². The summed E-state index contributed by atoms with van der Waals surface area (Å²) in [7, 11) is 3.36. The minimum absolute atomic E-state index is 0.150. The van der Waals surface area contributed by atoms with Crippen molar-refractivity contribution >= 4 is 11.8 Å². The van der Waals surface area contributed by atoms with Gasteiger partial charge in [0, 0.05) is 39.6 Å². The lowest BCUT2D eigenvalue weighted by Gasteiger charge is -2.20. The van der Waals surface area contributed by atoms with Crippen LogP contribution in [0.1, 0.15) is 59.8 Å². The predicted molar refractivity (Wildman–Crippen MR) is 91.7 cm³/mol. The van der Waals surface area contributed by atoms with E-state index < -0.39 is 0 Å². The molecule has 132 valence electrons. The molecule has 1 heterocycles. The summed E-state index contributed by atoms with van der Waals surface area (Å²) in [6.07, 6.45) is 4.93. The third-order valence-corrected chi connectivity index (χ3v) is 3.29. The van der Waals surface area contributed by atoms with E-state index in [1.165, 1.54) is 0 Å². The van der Waals surface area contributed by atoms with Gasteiger partial charge in [-0.1, -0.05) is 27.7 Å². The Balaban J connectivity index is 0. The summed E-state index contributed by atoms with van der Waals surface area (Å²) >= 11 is 0. The zero-order valence-electron chi connectivity index (χ0n) is 15.3. The van der Waals surface area contributed by atoms with Crippen LogP contribution in [-0.4, -0.2) is 39.1 Å². The van der Waals surface area contributed by atoms with E-state index in [4.69, 9.17) is 4.74 Å². The minimum Gasteiger partial charge on any atom is -0.381 e. The molecule has 0 aromatic carbocycles. The van der Waals surface area contributed by atoms with E-state index in [2.05, 4.69) is 10.6 Å². The number of carbonyl (C=O) groups excluding carboxylic acids is 2. The van der Waals surface area contributed by atoms with E-state index in [-0.39, 0.29) is 11.8 Å². The number of rotatable bonds is 3. The molecular weight excluding hydrogens is 280 g/mol. The maximum Gasteiger partial charge on any atom is 0.222 e. The summed E-state index contributed by atoms with van der Waals surface area (Å²) in [5, 5.41) is 5.22. The number of carbonyl (C=O) groups is 2. The molecule has 2 aliphatic rings. The first-order valence-electron chi connectivity index (χ1n) is 8.67. The summed E-state index contributed by atoms with van der Waals surface area (Å²) in [6.45, 7) is 9.64. The van der Waals surface area contributed by atoms with Gasteiger partial charge in [0.2, 0.25) is 11.8 Å². The number of amides is 2. The van der Waals surface area contributed by atoms with Crippen molar-refractivity contribution in [1.29, 1.82) is 0 Å². The molecule has 1 saturated carbocycles. The Morgan fingerprint density at radius 3 is 1.73 bits per heavy atom. The molecule has 0 aromatic heterocycles. The van der Waals surface area contributed by atoms with E-state index in [1.807, 2.05) is 27.7 Å². The molecule has 0 radical (unpaired) electrons. The Labute approximate surface area is 136 Å². The van der Waals surface area contributed by atoms with Gasteiger partial charge in [-0.15, -0.1) is 0 Å². The topological polar surface area (TPSA) is 67.4 Å². The fourth-order valence-corrected chi connectivity index (χ4v) is 1.86. The molecule has 5 nitrogen and oxygen atoms in total. The van der Waals surface area contributed by atoms with Crippen molar-refractivity contribution in [1.82, 2.24) is 10.6 Å². The Hall–Kier alpha value is -1.10. The van der Waals surface area contributed by atoms with Gasteiger partial charge in [0.15, 0.2) is 0 Å². The minimum atomic E-state index is 0.150. The molecule has 1 aliphatic carbocycles. The van der Waals surface area contributed by atoms with E-state index in [0.717, 1.165) is 38.9 Å². The highest BCUT2D eigenvalue weighted by Crippen LogP contribution is 2.28. The zero-order valence-corrected chi connectivity index (χ0v) is 15.3. The lowest BCUT2D eigenvalue weighted by atomic mass is 9.96. The average molecular weight is 316 g/mol. The molecule has 2 fully saturated rings. The van der Waals surface area contributed by atoms with Crippen molar-refractivity contribution < 1.29 is 14.3 Å². The standard InChI is InChI=1S/C8H15NO2.C5H9NO.2C2H6/c1-9-8(10)6-7-2-4-11-5-3-7;1-6-5(7)4-2-3-4;2*1-2/h7H,2-6H2,1H3,(H,9,10);4H,2-3H2,1H3,(H,6,7);2*1-2H3. The molecule has 1 aliphatic heterocycles. The van der Waals surface area contributed by atoms with Crippen LogP contribution in [0.4, 0.5) is 0 Å². The van der Waals surface area contributed by atoms with Gasteiger partial charge >= 0.3 is 0 Å². The van der Waals surface area contributed by atoms with Gasteiger partial charge < -0.3 is 15.4 Å². The van der Waals surface area contributed by atoms with Crippen molar-refractivity contribution in [2.24, 2.45) is 11.8 Å². The van der Waals surface area contributed by atoms with Crippen LogP contribution >= 0.6 is 0 Å². The molecule has 2 rings (SSSR count). The van der Waals surface area contributed by atoms with Crippen molar-refractivity contribution in [2.45, 2.75) is 59.8 Å². The molecular formula is C17H36N2O3. The average Bonchev–Trinajstić information content (AvgIpc) is 3.44. The highest BCUT2D eigenvalue weighted by Gasteiger charge is 2.28. The molecule has 22 heavy (non-hydrogen) atoms. The van der Waals surface area contributed by atoms with Crippen LogP contribution in [0.15, 0.2) is 0 Å². The summed E-state index contributed by atoms with van der Waals surface area (Å²) < 4.78 is 5.18. The number of hydrogen-bond donors (Lipinski definition) is 2. The van der Waals surface area contributed by atoms with Crippen molar-refractivity contribution in [3.63, 3.8) is 0 Å². The van der Waals surface area contributed by atoms with Crippen molar-refractivity contribution in [2.75, 3.05) is 27.3 Å². The lowest BCUT2D eigenvalue weighted by molar-refractivity contribution is -0.122. The third kappa shape index (κ3) is 12.6. The monoisotopic (exact) mass is 316 g/mol. The summed E-state index contributed by atoms with van der Waals surface area (Å²) in [4.78, 5) is 21.4. The Morgan fingerprint density at radius 2 is 1.41 bits per heavy atom. The first-order chi connectivity index (χ1) is 10.7. The molecule has 0 unspecified atom stereocenters. The van der Waals surface area contributed by atoms with E-state index in [0.29, 0.717) is 18.3 Å². The van der Waals surface area contributed by atoms with Gasteiger partial charge in [-0.3, -0.25) is 9.59 Å². The SMILES string of the molecule is CC.CC.CNC(=O)C1CC1.CNC(=O)CC1CCOCC1. The summed E-state index contributed by atoms with van der Waals surface area (Å²) in [5.41, 5.74) is 0. The van der Waals surface area contributed by atoms with Crippen LogP contribution in [0.2, 0.25) is 0 Å². The molecule has 5 heteroatoms. The fourth-order valence-electron chi connectivity index (χ4n) is 1.86. The Kier molecular flexibility index (Phi) is 17.1. The van der Waals surface area contributed by atoms with Gasteiger partial charge in [0.25, 0.3) is 0 Å². The van der Waals surface area contributed by atoms with Gasteiger partial charge in [-0.05, 0) is 31.6 Å². The zero-order chi connectivity index (χ0) is 17.4. The highest BCUT2D eigenvalue weighted by molar-refractivity contribution is 5.80. The fraction of sp³-hybridized carbons (Fsp3) is 0.882. The Bertz CT molecular complexity index is 273. The van der Waals surface area contributed by atoms with Crippen LogP contribution in [0.25, 0.3) is 0 Å². The third-order valence-electron chi connectivity index (χ3n) is 3.29. The molecule has 1 saturated heterocycles. The predicted octanol–water partition coefficient (Wildman–Crippen LogP) is 2.74. The second-order valence-corrected chi connectivity index (χ2v) is 4.82. The van der Waals surface area contributed by atoms with Crippen LogP contribution in [0, 0.1) is 11.8 Å². The molecule has 0 atom stereocenters. The maximum atomic E-state index is 10.9. The number of hydrogen-bond acceptors (Lipinski definition) is 3. The van der Waals surface area contributed by atoms with Crippen LogP contribution in [0.3, 0.4) is 0 Å². The summed E-state index contributed by atoms with van der Waals surface area (Å²) in [6, 6.07) is 0. The molecule has 0 bridgehead atoms. The second-order valence-electron chi connectivity index (χ2n) is 4.82. The van der Waals surface area contributed by atoms with Crippen LogP contribution in [-0.2, 0) is 14.3 Å². The smallest absolute Gasteiger partial charge is 0.222 e. The maximum absolute atomic E-state index is 10.9. The van der Waals surface area contributed by atoms with Gasteiger partial charge in [-0.2, -0.15) is 0 Å². The van der Waals surface area contributed by atoms with E-state index in [1.54, 1.807) is 14.1 Å². The molecule has 0 aromatic rings. The van der Waals surface area contributed by atoms with Crippen molar-refractivity contribution in [3.8, 4) is 0 Å². The van der Waals surface area contributed by atoms with Gasteiger partial charge in [-0.25, -0.2) is 0 Å². The van der Waals surface area contributed by atoms with E-state index in [9.17, 15) is 9.59 Å².